The first-order chi connectivity index (χ1) is 7.86. The zero-order chi connectivity index (χ0) is 13.1. The molecule has 0 aliphatic carbocycles. The summed E-state index contributed by atoms with van der Waals surface area (Å²) in [5.41, 5.74) is 0.528. The number of halogens is 2. The zero-order valence-corrected chi connectivity index (χ0v) is 12.6. The molecule has 0 saturated heterocycles. The maximum absolute atomic E-state index is 12.0. The van der Waals surface area contributed by atoms with Crippen LogP contribution in [0.25, 0.3) is 0 Å². The molecule has 17 heavy (non-hydrogen) atoms. The van der Waals surface area contributed by atoms with Gasteiger partial charge in [-0.2, -0.15) is 0 Å². The summed E-state index contributed by atoms with van der Waals surface area (Å²) in [6.45, 7) is 5.63. The number of alkyl halides is 1. The van der Waals surface area contributed by atoms with E-state index in [-0.39, 0.29) is 11.9 Å². The SMILES string of the molecule is C[C@@H](NC(=O)C(C)(C)CCl)c1cccc(Br)c1. The van der Waals surface area contributed by atoms with E-state index in [9.17, 15) is 4.79 Å². The average Bonchev–Trinajstić information content (AvgIpc) is 2.28. The van der Waals surface area contributed by atoms with Gasteiger partial charge < -0.3 is 5.32 Å². The number of carbonyl (C=O) groups is 1. The Balaban J connectivity index is 2.73. The fraction of sp³-hybridized carbons (Fsp3) is 0.462. The van der Waals surface area contributed by atoms with Gasteiger partial charge in [-0.1, -0.05) is 28.1 Å². The van der Waals surface area contributed by atoms with E-state index in [0.717, 1.165) is 10.0 Å². The second kappa shape index (κ2) is 5.87. The summed E-state index contributed by atoms with van der Waals surface area (Å²) in [5, 5.41) is 2.97. The first-order valence-corrected chi connectivity index (χ1v) is 6.82. The third kappa shape index (κ3) is 4.00. The number of hydrogen-bond donors (Lipinski definition) is 1. The summed E-state index contributed by atoms with van der Waals surface area (Å²) in [6, 6.07) is 7.87. The molecule has 0 saturated carbocycles. The molecule has 2 nitrogen and oxygen atoms in total. The molecule has 0 fully saturated rings. The highest BCUT2D eigenvalue weighted by Crippen LogP contribution is 2.21. The Bertz CT molecular complexity index is 406. The Hall–Kier alpha value is -0.540. The maximum Gasteiger partial charge on any atom is 0.227 e. The monoisotopic (exact) mass is 317 g/mol. The van der Waals surface area contributed by atoms with Crippen LogP contribution in [0.3, 0.4) is 0 Å². The summed E-state index contributed by atoms with van der Waals surface area (Å²) < 4.78 is 1.01. The number of benzene rings is 1. The van der Waals surface area contributed by atoms with E-state index in [1.54, 1.807) is 0 Å². The quantitative estimate of drug-likeness (QED) is 0.838. The maximum atomic E-state index is 12.0. The predicted octanol–water partition coefficient (Wildman–Crippen LogP) is 3.89. The van der Waals surface area contributed by atoms with Gasteiger partial charge in [-0.05, 0) is 38.5 Å². The van der Waals surface area contributed by atoms with Crippen molar-refractivity contribution in [2.45, 2.75) is 26.8 Å². The van der Waals surface area contributed by atoms with Gasteiger partial charge in [0.2, 0.25) is 5.91 Å². The molecule has 0 aliphatic rings. The van der Waals surface area contributed by atoms with Gasteiger partial charge >= 0.3 is 0 Å². The van der Waals surface area contributed by atoms with Crippen molar-refractivity contribution in [3.63, 3.8) is 0 Å². The Kier molecular flexibility index (Phi) is 5.02. The largest absolute Gasteiger partial charge is 0.349 e. The molecule has 0 aromatic heterocycles. The van der Waals surface area contributed by atoms with Gasteiger partial charge in [-0.3, -0.25) is 4.79 Å². The highest BCUT2D eigenvalue weighted by molar-refractivity contribution is 9.10. The van der Waals surface area contributed by atoms with Crippen molar-refractivity contribution in [1.29, 1.82) is 0 Å². The minimum Gasteiger partial charge on any atom is -0.349 e. The topological polar surface area (TPSA) is 29.1 Å². The van der Waals surface area contributed by atoms with Crippen LogP contribution in [0, 0.1) is 5.41 Å². The van der Waals surface area contributed by atoms with Crippen molar-refractivity contribution in [3.05, 3.63) is 34.3 Å². The van der Waals surface area contributed by atoms with E-state index in [0.29, 0.717) is 5.88 Å². The van der Waals surface area contributed by atoms with Gasteiger partial charge in [-0.25, -0.2) is 0 Å². The van der Waals surface area contributed by atoms with Crippen LogP contribution < -0.4 is 5.32 Å². The molecule has 1 amide bonds. The van der Waals surface area contributed by atoms with Crippen molar-refractivity contribution in [1.82, 2.24) is 5.32 Å². The molecule has 1 N–H and O–H groups in total. The van der Waals surface area contributed by atoms with Gasteiger partial charge in [-0.15, -0.1) is 11.6 Å². The van der Waals surface area contributed by atoms with Crippen molar-refractivity contribution in [2.75, 3.05) is 5.88 Å². The fourth-order valence-corrected chi connectivity index (χ4v) is 1.85. The molecule has 0 heterocycles. The van der Waals surface area contributed by atoms with Crippen LogP contribution in [-0.2, 0) is 4.79 Å². The van der Waals surface area contributed by atoms with Crippen molar-refractivity contribution in [3.8, 4) is 0 Å². The molecule has 0 bridgehead atoms. The molecule has 0 radical (unpaired) electrons. The minimum atomic E-state index is -0.540. The first-order valence-electron chi connectivity index (χ1n) is 5.49. The van der Waals surface area contributed by atoms with E-state index >= 15 is 0 Å². The van der Waals surface area contributed by atoms with Gasteiger partial charge in [0.05, 0.1) is 11.5 Å². The van der Waals surface area contributed by atoms with E-state index in [1.165, 1.54) is 0 Å². The molecule has 0 spiro atoms. The standard InChI is InChI=1S/C13H17BrClNO/c1-9(10-5-4-6-11(14)7-10)16-12(17)13(2,3)8-15/h4-7,9H,8H2,1-3H3,(H,16,17)/t9-/m1/s1. The molecule has 1 aromatic rings. The summed E-state index contributed by atoms with van der Waals surface area (Å²) in [4.78, 5) is 12.0. The lowest BCUT2D eigenvalue weighted by Crippen LogP contribution is -2.39. The molecule has 0 unspecified atom stereocenters. The fourth-order valence-electron chi connectivity index (χ4n) is 1.31. The predicted molar refractivity (Wildman–Crippen MR) is 75.2 cm³/mol. The first kappa shape index (κ1) is 14.5. The summed E-state index contributed by atoms with van der Waals surface area (Å²) in [5.74, 6) is 0.282. The van der Waals surface area contributed by atoms with Crippen LogP contribution in [0.1, 0.15) is 32.4 Å². The van der Waals surface area contributed by atoms with Crippen LogP contribution in [0.2, 0.25) is 0 Å². The van der Waals surface area contributed by atoms with Crippen LogP contribution in [0.5, 0.6) is 0 Å². The third-order valence-corrected chi connectivity index (χ3v) is 3.81. The minimum absolute atomic E-state index is 0.0255. The van der Waals surface area contributed by atoms with Gasteiger partial charge in [0.25, 0.3) is 0 Å². The van der Waals surface area contributed by atoms with Gasteiger partial charge in [0.1, 0.15) is 0 Å². The second-order valence-corrected chi connectivity index (χ2v) is 5.95. The second-order valence-electron chi connectivity index (χ2n) is 4.77. The van der Waals surface area contributed by atoms with Crippen molar-refractivity contribution >= 4 is 33.4 Å². The average molecular weight is 319 g/mol. The molecule has 1 rings (SSSR count). The summed E-state index contributed by atoms with van der Waals surface area (Å²) in [6.07, 6.45) is 0. The number of carbonyl (C=O) groups excluding carboxylic acids is 1. The summed E-state index contributed by atoms with van der Waals surface area (Å²) in [7, 11) is 0. The number of hydrogen-bond acceptors (Lipinski definition) is 1. The van der Waals surface area contributed by atoms with Crippen molar-refractivity contribution < 1.29 is 4.79 Å². The van der Waals surface area contributed by atoms with Crippen LogP contribution in [0.15, 0.2) is 28.7 Å². The number of rotatable bonds is 4. The lowest BCUT2D eigenvalue weighted by molar-refractivity contribution is -0.129. The zero-order valence-electron chi connectivity index (χ0n) is 10.3. The smallest absolute Gasteiger partial charge is 0.227 e. The number of nitrogens with one attached hydrogen (secondary N) is 1. The molecule has 1 aromatic carbocycles. The highest BCUT2D eigenvalue weighted by atomic mass is 79.9. The highest BCUT2D eigenvalue weighted by Gasteiger charge is 2.27. The Morgan fingerprint density at radius 2 is 2.18 bits per heavy atom. The van der Waals surface area contributed by atoms with Crippen LogP contribution in [-0.4, -0.2) is 11.8 Å². The third-order valence-electron chi connectivity index (χ3n) is 2.65. The lowest BCUT2D eigenvalue weighted by atomic mass is 9.94. The summed E-state index contributed by atoms with van der Waals surface area (Å²) >= 11 is 9.19. The molecular formula is C13H17BrClNO. The van der Waals surface area contributed by atoms with E-state index < -0.39 is 5.41 Å². The van der Waals surface area contributed by atoms with Gasteiger partial charge in [0.15, 0.2) is 0 Å². The van der Waals surface area contributed by atoms with E-state index in [2.05, 4.69) is 21.2 Å². The van der Waals surface area contributed by atoms with Gasteiger partial charge in [0, 0.05) is 10.4 Å². The van der Waals surface area contributed by atoms with Crippen molar-refractivity contribution in [2.24, 2.45) is 5.41 Å². The molecule has 94 valence electrons. The van der Waals surface area contributed by atoms with Crippen LogP contribution in [0.4, 0.5) is 0 Å². The molecule has 1 atom stereocenters. The normalized spacial score (nSPS) is 13.2. The molecular weight excluding hydrogens is 302 g/mol. The van der Waals surface area contributed by atoms with E-state index in [1.807, 2.05) is 45.0 Å². The van der Waals surface area contributed by atoms with E-state index in [4.69, 9.17) is 11.6 Å². The Morgan fingerprint density at radius 3 is 2.71 bits per heavy atom. The molecule has 4 heteroatoms. The lowest BCUT2D eigenvalue weighted by Gasteiger charge is -2.24. The Labute approximate surface area is 116 Å². The number of amides is 1. The van der Waals surface area contributed by atoms with Crippen LogP contribution >= 0.6 is 27.5 Å². The Morgan fingerprint density at radius 1 is 1.53 bits per heavy atom. The molecule has 0 aliphatic heterocycles.